The van der Waals surface area contributed by atoms with Crippen LogP contribution in [0.5, 0.6) is 5.75 Å². The SMILES string of the molecule is CCCC1CCC2Cc3c(cccc3OCC(=O)OC3CCC(CC(=O)O)CC3)CC12. The predicted octanol–water partition coefficient (Wildman–Crippen LogP) is 5.18. The lowest BCUT2D eigenvalue weighted by Gasteiger charge is -2.32. The first-order valence-corrected chi connectivity index (χ1v) is 12.2. The van der Waals surface area contributed by atoms with Crippen LogP contribution < -0.4 is 4.74 Å². The van der Waals surface area contributed by atoms with Crippen LogP contribution in [-0.2, 0) is 27.2 Å². The second-order valence-electron chi connectivity index (χ2n) is 9.87. The predicted molar refractivity (Wildman–Crippen MR) is 118 cm³/mol. The molecule has 1 N–H and O–H groups in total. The quantitative estimate of drug-likeness (QED) is 0.577. The monoisotopic (exact) mass is 428 g/mol. The first-order valence-electron chi connectivity index (χ1n) is 12.2. The number of carbonyl (C=O) groups is 2. The van der Waals surface area contributed by atoms with Crippen LogP contribution in [0.1, 0.15) is 75.8 Å². The number of ether oxygens (including phenoxy) is 2. The molecule has 5 nitrogen and oxygen atoms in total. The van der Waals surface area contributed by atoms with Crippen LogP contribution in [-0.4, -0.2) is 29.8 Å². The molecular weight excluding hydrogens is 392 g/mol. The van der Waals surface area contributed by atoms with Gasteiger partial charge in [0.05, 0.1) is 0 Å². The minimum absolute atomic E-state index is 0.0575. The molecule has 0 saturated heterocycles. The molecule has 3 unspecified atom stereocenters. The van der Waals surface area contributed by atoms with Gasteiger partial charge < -0.3 is 14.6 Å². The van der Waals surface area contributed by atoms with Crippen LogP contribution in [0.4, 0.5) is 0 Å². The Morgan fingerprint density at radius 3 is 2.61 bits per heavy atom. The van der Waals surface area contributed by atoms with E-state index < -0.39 is 5.97 Å². The van der Waals surface area contributed by atoms with Crippen molar-refractivity contribution in [3.63, 3.8) is 0 Å². The number of hydrogen-bond acceptors (Lipinski definition) is 4. The Morgan fingerprint density at radius 2 is 1.87 bits per heavy atom. The summed E-state index contributed by atoms with van der Waals surface area (Å²) in [6.07, 6.45) is 10.7. The molecule has 0 amide bonds. The number of carboxylic acid groups (broad SMARTS) is 1. The molecule has 2 saturated carbocycles. The highest BCUT2D eigenvalue weighted by atomic mass is 16.6. The minimum atomic E-state index is -0.746. The molecule has 1 aromatic rings. The fourth-order valence-electron chi connectivity index (χ4n) is 6.30. The lowest BCUT2D eigenvalue weighted by Crippen LogP contribution is -2.28. The third kappa shape index (κ3) is 5.42. The molecule has 0 bridgehead atoms. The van der Waals surface area contributed by atoms with Crippen LogP contribution in [0, 0.1) is 23.7 Å². The van der Waals surface area contributed by atoms with E-state index in [-0.39, 0.29) is 31.0 Å². The van der Waals surface area contributed by atoms with Crippen LogP contribution in [0.3, 0.4) is 0 Å². The Morgan fingerprint density at radius 1 is 1.06 bits per heavy atom. The van der Waals surface area contributed by atoms with Gasteiger partial charge in [0.2, 0.25) is 0 Å². The number of hydrogen-bond donors (Lipinski definition) is 1. The zero-order valence-corrected chi connectivity index (χ0v) is 18.7. The molecule has 3 aliphatic carbocycles. The molecule has 0 heterocycles. The topological polar surface area (TPSA) is 72.8 Å². The molecular formula is C26H36O5. The second-order valence-corrected chi connectivity index (χ2v) is 9.87. The van der Waals surface area contributed by atoms with E-state index in [1.165, 1.54) is 36.8 Å². The van der Waals surface area contributed by atoms with Gasteiger partial charge in [-0.15, -0.1) is 0 Å². The Hall–Kier alpha value is -2.04. The molecule has 0 aliphatic heterocycles. The van der Waals surface area contributed by atoms with Gasteiger partial charge in [-0.05, 0) is 92.2 Å². The lowest BCUT2D eigenvalue weighted by atomic mass is 9.74. The summed E-state index contributed by atoms with van der Waals surface area (Å²) in [6.45, 7) is 2.23. The van der Waals surface area contributed by atoms with Gasteiger partial charge in [-0.2, -0.15) is 0 Å². The van der Waals surface area contributed by atoms with Crippen molar-refractivity contribution >= 4 is 11.9 Å². The Labute approximate surface area is 185 Å². The van der Waals surface area contributed by atoms with Crippen LogP contribution >= 0.6 is 0 Å². The molecule has 0 spiro atoms. The first kappa shape index (κ1) is 22.2. The third-order valence-corrected chi connectivity index (χ3v) is 7.83. The van der Waals surface area contributed by atoms with Gasteiger partial charge in [-0.3, -0.25) is 4.79 Å². The van der Waals surface area contributed by atoms with Gasteiger partial charge in [-0.25, -0.2) is 4.79 Å². The van der Waals surface area contributed by atoms with E-state index in [1.54, 1.807) is 0 Å². The Balaban J connectivity index is 1.28. The van der Waals surface area contributed by atoms with Crippen molar-refractivity contribution in [3.05, 3.63) is 29.3 Å². The van der Waals surface area contributed by atoms with Crippen molar-refractivity contribution in [1.29, 1.82) is 0 Å². The number of rotatable bonds is 8. The highest BCUT2D eigenvalue weighted by molar-refractivity contribution is 5.71. The molecule has 31 heavy (non-hydrogen) atoms. The van der Waals surface area contributed by atoms with Crippen molar-refractivity contribution in [3.8, 4) is 5.75 Å². The Bertz CT molecular complexity index is 780. The number of benzene rings is 1. The zero-order chi connectivity index (χ0) is 21.8. The molecule has 5 heteroatoms. The maximum atomic E-state index is 12.4. The molecule has 170 valence electrons. The average Bonchev–Trinajstić information content (AvgIpc) is 3.14. The summed E-state index contributed by atoms with van der Waals surface area (Å²) in [5, 5.41) is 8.92. The third-order valence-electron chi connectivity index (χ3n) is 7.83. The van der Waals surface area contributed by atoms with E-state index in [9.17, 15) is 9.59 Å². The first-order chi connectivity index (χ1) is 15.0. The van der Waals surface area contributed by atoms with Crippen LogP contribution in [0.2, 0.25) is 0 Å². The van der Waals surface area contributed by atoms with E-state index in [2.05, 4.69) is 13.0 Å². The van der Waals surface area contributed by atoms with Crippen molar-refractivity contribution in [2.75, 3.05) is 6.61 Å². The van der Waals surface area contributed by atoms with Crippen LogP contribution in [0.25, 0.3) is 0 Å². The number of aliphatic carboxylic acids is 1. The molecule has 1 aromatic carbocycles. The van der Waals surface area contributed by atoms with Crippen LogP contribution in [0.15, 0.2) is 18.2 Å². The Kier molecular flexibility index (Phi) is 7.19. The average molecular weight is 429 g/mol. The summed E-state index contributed by atoms with van der Waals surface area (Å²) in [4.78, 5) is 23.2. The fraction of sp³-hybridized carbons (Fsp3) is 0.692. The smallest absolute Gasteiger partial charge is 0.344 e. The molecule has 0 aromatic heterocycles. The van der Waals surface area contributed by atoms with Gasteiger partial charge in [0.15, 0.2) is 6.61 Å². The van der Waals surface area contributed by atoms with Crippen molar-refractivity contribution in [2.24, 2.45) is 23.7 Å². The molecule has 4 rings (SSSR count). The summed E-state index contributed by atoms with van der Waals surface area (Å²) >= 11 is 0. The highest BCUT2D eigenvalue weighted by Gasteiger charge is 2.39. The summed E-state index contributed by atoms with van der Waals surface area (Å²) in [5.74, 6) is 2.41. The van der Waals surface area contributed by atoms with Gasteiger partial charge in [0, 0.05) is 6.42 Å². The number of fused-ring (bicyclic) bond motifs is 2. The fourth-order valence-corrected chi connectivity index (χ4v) is 6.30. The van der Waals surface area contributed by atoms with E-state index in [4.69, 9.17) is 14.6 Å². The van der Waals surface area contributed by atoms with Gasteiger partial charge >= 0.3 is 11.9 Å². The highest BCUT2D eigenvalue weighted by Crippen LogP contribution is 2.48. The number of carbonyl (C=O) groups excluding carboxylic acids is 1. The van der Waals surface area contributed by atoms with E-state index in [0.717, 1.165) is 62.0 Å². The summed E-state index contributed by atoms with van der Waals surface area (Å²) < 4.78 is 11.6. The lowest BCUT2D eigenvalue weighted by molar-refractivity contribution is -0.154. The molecule has 3 atom stereocenters. The number of esters is 1. The van der Waals surface area contributed by atoms with Crippen molar-refractivity contribution in [2.45, 2.75) is 83.7 Å². The van der Waals surface area contributed by atoms with Gasteiger partial charge in [0.25, 0.3) is 0 Å². The second kappa shape index (κ2) is 10.1. The minimum Gasteiger partial charge on any atom is -0.482 e. The number of carboxylic acids is 1. The van der Waals surface area contributed by atoms with Crippen molar-refractivity contribution < 1.29 is 24.2 Å². The molecule has 2 fully saturated rings. The molecule has 0 radical (unpaired) electrons. The maximum absolute atomic E-state index is 12.4. The summed E-state index contributed by atoms with van der Waals surface area (Å²) in [5.41, 5.74) is 2.69. The van der Waals surface area contributed by atoms with E-state index in [0.29, 0.717) is 0 Å². The largest absolute Gasteiger partial charge is 0.482 e. The van der Waals surface area contributed by atoms with Gasteiger partial charge in [0.1, 0.15) is 11.9 Å². The maximum Gasteiger partial charge on any atom is 0.344 e. The van der Waals surface area contributed by atoms with E-state index >= 15 is 0 Å². The summed E-state index contributed by atoms with van der Waals surface area (Å²) in [7, 11) is 0. The summed E-state index contributed by atoms with van der Waals surface area (Å²) in [6, 6.07) is 6.27. The van der Waals surface area contributed by atoms with E-state index in [1.807, 2.05) is 12.1 Å². The van der Waals surface area contributed by atoms with Crippen molar-refractivity contribution in [1.82, 2.24) is 0 Å². The molecule has 3 aliphatic rings. The van der Waals surface area contributed by atoms with Gasteiger partial charge in [-0.1, -0.05) is 31.9 Å². The standard InChI is InChI=1S/C26H36O5/c1-2-4-18-9-10-20-15-23-19(14-22(18)20)5-3-6-24(23)30-16-26(29)31-21-11-7-17(8-12-21)13-25(27)28/h3,5-6,17-18,20-22H,2,4,7-16H2,1H3,(H,27,28). The zero-order valence-electron chi connectivity index (χ0n) is 18.7. The normalized spacial score (nSPS) is 29.6.